The van der Waals surface area contributed by atoms with E-state index in [1.54, 1.807) is 0 Å². The molecule has 2 aliphatic rings. The topological polar surface area (TPSA) is 230 Å². The van der Waals surface area contributed by atoms with Crippen molar-refractivity contribution in [1.82, 2.24) is 21.3 Å². The van der Waals surface area contributed by atoms with Crippen molar-refractivity contribution in [3.05, 3.63) is 0 Å². The summed E-state index contributed by atoms with van der Waals surface area (Å²) in [5, 5.41) is 37.9. The summed E-state index contributed by atoms with van der Waals surface area (Å²) >= 11 is 0. The zero-order valence-electron chi connectivity index (χ0n) is 18.4. The number of ether oxygens (including phenoxy) is 2. The van der Waals surface area contributed by atoms with Crippen LogP contribution in [0.15, 0.2) is 0 Å². The minimum absolute atomic E-state index is 0.0503. The molecule has 1 unspecified atom stereocenters. The number of hydrogen-bond acceptors (Lipinski definition) is 9. The van der Waals surface area contributed by atoms with Crippen LogP contribution in [0.5, 0.6) is 0 Å². The molecule has 0 aromatic carbocycles. The molecule has 15 nitrogen and oxygen atoms in total. The second-order valence-electron chi connectivity index (χ2n) is 7.94. The van der Waals surface area contributed by atoms with Crippen LogP contribution in [0.25, 0.3) is 0 Å². The molecule has 7 N–H and O–H groups in total. The molecule has 0 saturated carbocycles. The summed E-state index contributed by atoms with van der Waals surface area (Å²) in [5.41, 5.74) is 0. The average molecular weight is 488 g/mol. The molecule has 5 amide bonds. The molecule has 0 spiro atoms. The van der Waals surface area contributed by atoms with Gasteiger partial charge in [-0.25, -0.2) is 9.59 Å². The lowest BCUT2D eigenvalue weighted by Gasteiger charge is -2.44. The summed E-state index contributed by atoms with van der Waals surface area (Å²) in [6, 6.07) is -4.31. The van der Waals surface area contributed by atoms with Gasteiger partial charge in [-0.3, -0.25) is 24.5 Å². The first-order valence-corrected chi connectivity index (χ1v) is 10.6. The van der Waals surface area contributed by atoms with E-state index in [-0.39, 0.29) is 13.0 Å². The molecule has 15 heteroatoms. The molecule has 0 aromatic rings. The normalized spacial score (nSPS) is 28.5. The Bertz CT molecular complexity index is 835. The maximum atomic E-state index is 12.5. The third-order valence-corrected chi connectivity index (χ3v) is 5.20. The van der Waals surface area contributed by atoms with E-state index in [4.69, 9.17) is 14.6 Å². The van der Waals surface area contributed by atoms with E-state index in [1.807, 2.05) is 5.32 Å². The molecule has 0 bridgehead atoms. The fourth-order valence-corrected chi connectivity index (χ4v) is 3.62. The third-order valence-electron chi connectivity index (χ3n) is 5.20. The third kappa shape index (κ3) is 7.36. The predicted molar refractivity (Wildman–Crippen MR) is 109 cm³/mol. The van der Waals surface area contributed by atoms with Gasteiger partial charge in [0.2, 0.25) is 11.8 Å². The van der Waals surface area contributed by atoms with Crippen molar-refractivity contribution in [2.75, 3.05) is 6.61 Å². The molecule has 2 rings (SSSR count). The Hall–Kier alpha value is -3.30. The van der Waals surface area contributed by atoms with Gasteiger partial charge in [0.15, 0.2) is 6.29 Å². The second-order valence-corrected chi connectivity index (χ2v) is 7.94. The van der Waals surface area contributed by atoms with Crippen LogP contribution in [0.4, 0.5) is 4.79 Å². The number of aliphatic hydroxyl groups excluding tert-OH is 1. The van der Waals surface area contributed by atoms with Crippen LogP contribution in [0, 0.1) is 0 Å². The molecule has 0 radical (unpaired) electrons. The van der Waals surface area contributed by atoms with Crippen molar-refractivity contribution in [3.8, 4) is 0 Å². The molecule has 2 heterocycles. The zero-order valence-corrected chi connectivity index (χ0v) is 18.4. The van der Waals surface area contributed by atoms with E-state index >= 15 is 0 Å². The van der Waals surface area contributed by atoms with Crippen LogP contribution in [-0.2, 0) is 33.4 Å². The predicted octanol–water partition coefficient (Wildman–Crippen LogP) is -2.24. The second kappa shape index (κ2) is 11.7. The van der Waals surface area contributed by atoms with Gasteiger partial charge in [-0.2, -0.15) is 0 Å². The smallest absolute Gasteiger partial charge is 0.364 e. The number of amides is 5. The van der Waals surface area contributed by atoms with Crippen LogP contribution >= 0.6 is 0 Å². The SMILES string of the molecule is CC(=O)N[C@@H]1[C@@H](NC(=O)CC2NC(=O)NC2=O)C[C@](OCCCCCC(=O)O)(C(=O)O)O[C@H]1O. The zero-order chi connectivity index (χ0) is 25.5. The molecular formula is C19H28N4O11. The van der Waals surface area contributed by atoms with Crippen molar-refractivity contribution in [3.63, 3.8) is 0 Å². The van der Waals surface area contributed by atoms with Crippen LogP contribution in [0.1, 0.15) is 45.4 Å². The number of rotatable bonds is 12. The van der Waals surface area contributed by atoms with E-state index < -0.39 is 78.7 Å². The number of nitrogens with one attached hydrogen (secondary N) is 4. The van der Waals surface area contributed by atoms with E-state index in [2.05, 4.69) is 16.0 Å². The number of carboxylic acid groups (broad SMARTS) is 2. The van der Waals surface area contributed by atoms with Gasteiger partial charge in [0.05, 0.1) is 19.1 Å². The quantitative estimate of drug-likeness (QED) is 0.115. The molecule has 2 saturated heterocycles. The first kappa shape index (κ1) is 26.9. The van der Waals surface area contributed by atoms with Crippen molar-refractivity contribution in [1.29, 1.82) is 0 Å². The van der Waals surface area contributed by atoms with E-state index in [0.717, 1.165) is 6.92 Å². The van der Waals surface area contributed by atoms with Gasteiger partial charge < -0.3 is 40.7 Å². The van der Waals surface area contributed by atoms with Gasteiger partial charge in [-0.1, -0.05) is 6.42 Å². The van der Waals surface area contributed by atoms with Gasteiger partial charge in [0, 0.05) is 19.8 Å². The Morgan fingerprint density at radius 3 is 2.41 bits per heavy atom. The maximum Gasteiger partial charge on any atom is 0.364 e. The number of imide groups is 1. The molecule has 0 aromatic heterocycles. The number of carboxylic acids is 2. The Morgan fingerprint density at radius 1 is 1.15 bits per heavy atom. The van der Waals surface area contributed by atoms with Crippen LogP contribution in [0.3, 0.4) is 0 Å². The number of unbranched alkanes of at least 4 members (excludes halogenated alkanes) is 2. The lowest BCUT2D eigenvalue weighted by molar-refractivity contribution is -0.322. The van der Waals surface area contributed by atoms with E-state index in [9.17, 15) is 39.0 Å². The summed E-state index contributed by atoms with van der Waals surface area (Å²) in [6.07, 6.45) is -1.79. The minimum Gasteiger partial charge on any atom is -0.481 e. The van der Waals surface area contributed by atoms with Crippen LogP contribution in [0.2, 0.25) is 0 Å². The summed E-state index contributed by atoms with van der Waals surface area (Å²) < 4.78 is 10.6. The van der Waals surface area contributed by atoms with Gasteiger partial charge in [0.1, 0.15) is 12.1 Å². The monoisotopic (exact) mass is 488 g/mol. The van der Waals surface area contributed by atoms with Crippen molar-refractivity contribution in [2.45, 2.75) is 75.7 Å². The lowest BCUT2D eigenvalue weighted by Crippen LogP contribution is -2.67. The van der Waals surface area contributed by atoms with Crippen molar-refractivity contribution >= 4 is 35.7 Å². The summed E-state index contributed by atoms with van der Waals surface area (Å²) in [7, 11) is 0. The number of hydrogen-bond donors (Lipinski definition) is 7. The molecule has 2 aliphatic heterocycles. The highest BCUT2D eigenvalue weighted by Crippen LogP contribution is 2.31. The Kier molecular flexibility index (Phi) is 9.28. The molecule has 0 aliphatic carbocycles. The summed E-state index contributed by atoms with van der Waals surface area (Å²) in [6.45, 7) is 1.01. The van der Waals surface area contributed by atoms with E-state index in [1.165, 1.54) is 0 Å². The highest BCUT2D eigenvalue weighted by Gasteiger charge is 2.53. The summed E-state index contributed by atoms with van der Waals surface area (Å²) in [5.74, 6) is -6.96. The van der Waals surface area contributed by atoms with E-state index in [0.29, 0.717) is 19.3 Å². The van der Waals surface area contributed by atoms with Crippen molar-refractivity contribution < 1.29 is 53.6 Å². The highest BCUT2D eigenvalue weighted by atomic mass is 16.8. The summed E-state index contributed by atoms with van der Waals surface area (Å²) in [4.78, 5) is 69.6. The van der Waals surface area contributed by atoms with Gasteiger partial charge in [-0.05, 0) is 12.8 Å². The number of carbonyl (C=O) groups excluding carboxylic acids is 4. The Labute approximate surface area is 193 Å². The largest absolute Gasteiger partial charge is 0.481 e. The average Bonchev–Trinajstić information content (AvgIpc) is 3.03. The van der Waals surface area contributed by atoms with Gasteiger partial charge in [0.25, 0.3) is 11.7 Å². The first-order valence-electron chi connectivity index (χ1n) is 10.6. The standard InChI is InChI=1S/C19H28N4O11/c1-9(24)20-14-11(21-12(25)7-10-15(28)23-18(32)22-10)8-19(17(30)31,34-16(14)29)33-6-4-2-3-5-13(26)27/h10-11,14,16,29H,2-8H2,1H3,(H,20,24)(H,21,25)(H,26,27)(H,30,31)(H2,22,23,28,32)/t10?,11-,14+,16+,19+/m0/s1. The van der Waals surface area contributed by atoms with Crippen LogP contribution in [-0.4, -0.2) is 87.8 Å². The number of aliphatic carboxylic acids is 2. The maximum absolute atomic E-state index is 12.5. The van der Waals surface area contributed by atoms with Gasteiger partial charge in [-0.15, -0.1) is 0 Å². The molecular weight excluding hydrogens is 460 g/mol. The molecule has 190 valence electrons. The minimum atomic E-state index is -2.36. The molecule has 5 atom stereocenters. The Morgan fingerprint density at radius 2 is 1.85 bits per heavy atom. The highest BCUT2D eigenvalue weighted by molar-refractivity contribution is 6.05. The number of urea groups is 1. The van der Waals surface area contributed by atoms with Gasteiger partial charge >= 0.3 is 18.0 Å². The fourth-order valence-electron chi connectivity index (χ4n) is 3.62. The lowest BCUT2D eigenvalue weighted by atomic mass is 9.93. The van der Waals surface area contributed by atoms with Crippen LogP contribution < -0.4 is 21.3 Å². The van der Waals surface area contributed by atoms with Crippen molar-refractivity contribution in [2.24, 2.45) is 0 Å². The Balaban J connectivity index is 2.09. The number of carbonyl (C=O) groups is 6. The fraction of sp³-hybridized carbons (Fsp3) is 0.684. The first-order chi connectivity index (χ1) is 15.9. The molecule has 2 fully saturated rings. The number of aliphatic hydroxyl groups is 1. The molecule has 34 heavy (non-hydrogen) atoms.